The van der Waals surface area contributed by atoms with Crippen molar-refractivity contribution in [3.8, 4) is 0 Å². The van der Waals surface area contributed by atoms with Gasteiger partial charge in [0.05, 0.1) is 16.6 Å². The standard InChI is InChI=1S/C11H10F3N3OS/c1-6(18)16-17-9-4-3-7(11(12,13)14)5-8(9)15-10(17)19-2/h3-5H,1-2H3,(H,16,18). The molecule has 0 bridgehead atoms. The molecule has 0 aliphatic carbocycles. The second-order valence-corrected chi connectivity index (χ2v) is 4.58. The van der Waals surface area contributed by atoms with Crippen LogP contribution in [0.4, 0.5) is 13.2 Å². The summed E-state index contributed by atoms with van der Waals surface area (Å²) >= 11 is 1.23. The molecule has 1 amide bonds. The van der Waals surface area contributed by atoms with Crippen LogP contribution < -0.4 is 5.43 Å². The quantitative estimate of drug-likeness (QED) is 0.865. The molecule has 102 valence electrons. The molecule has 1 aromatic heterocycles. The van der Waals surface area contributed by atoms with Crippen molar-refractivity contribution in [2.45, 2.75) is 18.3 Å². The number of hydrogen-bond donors (Lipinski definition) is 1. The molecule has 2 aromatic rings. The molecule has 1 N–H and O–H groups in total. The number of carbonyl (C=O) groups excluding carboxylic acids is 1. The van der Waals surface area contributed by atoms with Gasteiger partial charge < -0.3 is 0 Å². The maximum absolute atomic E-state index is 12.6. The van der Waals surface area contributed by atoms with Crippen LogP contribution in [-0.4, -0.2) is 21.8 Å². The van der Waals surface area contributed by atoms with Gasteiger partial charge in [-0.25, -0.2) is 9.66 Å². The molecule has 0 saturated heterocycles. The van der Waals surface area contributed by atoms with Crippen LogP contribution >= 0.6 is 11.8 Å². The summed E-state index contributed by atoms with van der Waals surface area (Å²) in [5, 5.41) is 0.421. The Kier molecular flexibility index (Phi) is 3.44. The predicted octanol–water partition coefficient (Wildman–Crippen LogP) is 2.87. The van der Waals surface area contributed by atoms with Crippen LogP contribution in [0.3, 0.4) is 0 Å². The fourth-order valence-corrected chi connectivity index (χ4v) is 2.15. The molecule has 0 unspecified atom stereocenters. The van der Waals surface area contributed by atoms with Crippen LogP contribution in [0.5, 0.6) is 0 Å². The van der Waals surface area contributed by atoms with Crippen LogP contribution in [0.1, 0.15) is 12.5 Å². The molecule has 0 aliphatic heterocycles. The van der Waals surface area contributed by atoms with Gasteiger partial charge in [0.2, 0.25) is 5.91 Å². The Hall–Kier alpha value is -1.70. The number of amides is 1. The number of rotatable bonds is 2. The smallest absolute Gasteiger partial charge is 0.274 e. The van der Waals surface area contributed by atoms with Crippen LogP contribution in [0.15, 0.2) is 23.4 Å². The van der Waals surface area contributed by atoms with Crippen molar-refractivity contribution in [1.29, 1.82) is 0 Å². The highest BCUT2D eigenvalue weighted by atomic mass is 32.2. The van der Waals surface area contributed by atoms with E-state index < -0.39 is 11.7 Å². The molecule has 0 spiro atoms. The van der Waals surface area contributed by atoms with E-state index in [0.717, 1.165) is 12.1 Å². The summed E-state index contributed by atoms with van der Waals surface area (Å²) in [6.45, 7) is 1.32. The van der Waals surface area contributed by atoms with E-state index in [1.165, 1.54) is 29.4 Å². The Morgan fingerprint density at radius 2 is 2.11 bits per heavy atom. The van der Waals surface area contributed by atoms with Crippen molar-refractivity contribution < 1.29 is 18.0 Å². The Balaban J connectivity index is 2.60. The van der Waals surface area contributed by atoms with E-state index in [1.54, 1.807) is 6.26 Å². The second-order valence-electron chi connectivity index (χ2n) is 3.80. The first-order valence-electron chi connectivity index (χ1n) is 5.24. The summed E-state index contributed by atoms with van der Waals surface area (Å²) in [5.41, 5.74) is 2.37. The van der Waals surface area contributed by atoms with E-state index >= 15 is 0 Å². The molecule has 1 aromatic carbocycles. The summed E-state index contributed by atoms with van der Waals surface area (Å²) in [4.78, 5) is 15.2. The largest absolute Gasteiger partial charge is 0.416 e. The van der Waals surface area contributed by atoms with E-state index in [1.807, 2.05) is 0 Å². The molecule has 8 heteroatoms. The zero-order valence-electron chi connectivity index (χ0n) is 10.1. The SMILES string of the molecule is CSc1nc2cc(C(F)(F)F)ccc2n1NC(C)=O. The van der Waals surface area contributed by atoms with Gasteiger partial charge >= 0.3 is 6.18 Å². The van der Waals surface area contributed by atoms with Gasteiger partial charge in [-0.2, -0.15) is 13.2 Å². The van der Waals surface area contributed by atoms with E-state index in [9.17, 15) is 18.0 Å². The van der Waals surface area contributed by atoms with Crippen LogP contribution in [0, 0.1) is 0 Å². The Morgan fingerprint density at radius 1 is 1.42 bits per heavy atom. The number of thioether (sulfide) groups is 1. The molecule has 19 heavy (non-hydrogen) atoms. The lowest BCUT2D eigenvalue weighted by Crippen LogP contribution is -2.20. The molecule has 0 aliphatic rings. The van der Waals surface area contributed by atoms with Crippen molar-refractivity contribution in [2.75, 3.05) is 11.7 Å². The summed E-state index contributed by atoms with van der Waals surface area (Å²) in [7, 11) is 0. The van der Waals surface area contributed by atoms with Gasteiger partial charge in [-0.15, -0.1) is 0 Å². The highest BCUT2D eigenvalue weighted by molar-refractivity contribution is 7.98. The molecular weight excluding hydrogens is 279 g/mol. The van der Waals surface area contributed by atoms with Crippen LogP contribution in [-0.2, 0) is 11.0 Å². The van der Waals surface area contributed by atoms with Crippen molar-refractivity contribution in [2.24, 2.45) is 0 Å². The van der Waals surface area contributed by atoms with Gasteiger partial charge in [0.15, 0.2) is 5.16 Å². The second kappa shape index (κ2) is 4.76. The van der Waals surface area contributed by atoms with Gasteiger partial charge in [0, 0.05) is 6.92 Å². The summed E-state index contributed by atoms with van der Waals surface area (Å²) in [5.74, 6) is -0.325. The Morgan fingerprint density at radius 3 is 2.63 bits per heavy atom. The first-order valence-corrected chi connectivity index (χ1v) is 6.46. The summed E-state index contributed by atoms with van der Waals surface area (Å²) < 4.78 is 39.2. The van der Waals surface area contributed by atoms with E-state index in [-0.39, 0.29) is 11.4 Å². The number of carbonyl (C=O) groups is 1. The van der Waals surface area contributed by atoms with Crippen molar-refractivity contribution >= 4 is 28.7 Å². The lowest BCUT2D eigenvalue weighted by Gasteiger charge is -2.08. The molecular formula is C11H10F3N3OS. The zero-order chi connectivity index (χ0) is 14.2. The molecule has 4 nitrogen and oxygen atoms in total. The lowest BCUT2D eigenvalue weighted by atomic mass is 10.2. The minimum atomic E-state index is -4.41. The number of benzene rings is 1. The first-order chi connectivity index (χ1) is 8.82. The average molecular weight is 289 g/mol. The predicted molar refractivity (Wildman–Crippen MR) is 66.6 cm³/mol. The molecule has 0 fully saturated rings. The van der Waals surface area contributed by atoms with E-state index in [4.69, 9.17) is 0 Å². The third-order valence-electron chi connectivity index (χ3n) is 2.40. The van der Waals surface area contributed by atoms with Crippen LogP contribution in [0.25, 0.3) is 11.0 Å². The molecule has 0 saturated carbocycles. The number of nitrogens with zero attached hydrogens (tertiary/aromatic N) is 2. The highest BCUT2D eigenvalue weighted by Crippen LogP contribution is 2.32. The molecule has 0 radical (unpaired) electrons. The minimum absolute atomic E-state index is 0.188. The van der Waals surface area contributed by atoms with Crippen molar-refractivity contribution in [3.05, 3.63) is 23.8 Å². The number of nitrogens with one attached hydrogen (secondary N) is 1. The van der Waals surface area contributed by atoms with E-state index in [2.05, 4.69) is 10.4 Å². The number of fused-ring (bicyclic) bond motifs is 1. The number of alkyl halides is 3. The number of hydrogen-bond acceptors (Lipinski definition) is 3. The monoisotopic (exact) mass is 289 g/mol. The van der Waals surface area contributed by atoms with Crippen molar-refractivity contribution in [3.63, 3.8) is 0 Å². The Bertz CT molecular complexity index is 636. The van der Waals surface area contributed by atoms with Crippen LogP contribution in [0.2, 0.25) is 0 Å². The average Bonchev–Trinajstić information content (AvgIpc) is 2.65. The van der Waals surface area contributed by atoms with Gasteiger partial charge in [0.25, 0.3) is 0 Å². The van der Waals surface area contributed by atoms with Gasteiger partial charge in [-0.3, -0.25) is 10.2 Å². The zero-order valence-corrected chi connectivity index (χ0v) is 10.9. The van der Waals surface area contributed by atoms with Gasteiger partial charge in [-0.05, 0) is 24.5 Å². The third kappa shape index (κ3) is 2.67. The van der Waals surface area contributed by atoms with Gasteiger partial charge in [0.1, 0.15) is 0 Å². The number of imidazole rings is 1. The number of halogens is 3. The van der Waals surface area contributed by atoms with E-state index in [0.29, 0.717) is 10.7 Å². The van der Waals surface area contributed by atoms with Crippen molar-refractivity contribution in [1.82, 2.24) is 9.66 Å². The Labute approximate surface area is 111 Å². The summed E-state index contributed by atoms with van der Waals surface area (Å²) in [6.07, 6.45) is -2.68. The fraction of sp³-hybridized carbons (Fsp3) is 0.273. The fourth-order valence-electron chi connectivity index (χ4n) is 1.64. The highest BCUT2D eigenvalue weighted by Gasteiger charge is 2.31. The minimum Gasteiger partial charge on any atom is -0.274 e. The third-order valence-corrected chi connectivity index (χ3v) is 3.04. The molecule has 0 atom stereocenters. The first kappa shape index (κ1) is 13.7. The number of aromatic nitrogens is 2. The topological polar surface area (TPSA) is 46.9 Å². The maximum Gasteiger partial charge on any atom is 0.416 e. The lowest BCUT2D eigenvalue weighted by molar-refractivity contribution is -0.137. The molecule has 2 rings (SSSR count). The van der Waals surface area contributed by atoms with Gasteiger partial charge in [-0.1, -0.05) is 11.8 Å². The summed E-state index contributed by atoms with van der Waals surface area (Å²) in [6, 6.07) is 3.22. The molecule has 1 heterocycles. The maximum atomic E-state index is 12.6. The normalized spacial score (nSPS) is 11.8.